The first-order chi connectivity index (χ1) is 14.0. The lowest BCUT2D eigenvalue weighted by atomic mass is 10.0. The Hall–Kier alpha value is -3.12. The highest BCUT2D eigenvalue weighted by atomic mass is 16.5. The summed E-state index contributed by atoms with van der Waals surface area (Å²) in [4.78, 5) is 20.3. The molecule has 0 aliphatic carbocycles. The fraction of sp³-hybridized carbons (Fsp3) is 0.304. The Kier molecular flexibility index (Phi) is 5.36. The molecule has 1 saturated heterocycles. The summed E-state index contributed by atoms with van der Waals surface area (Å²) in [7, 11) is 5.15. The third kappa shape index (κ3) is 4.03. The fourth-order valence-corrected chi connectivity index (χ4v) is 3.59. The topological polar surface area (TPSA) is 54.9 Å². The number of nitrogens with zero attached hydrogens (tertiary/aromatic N) is 3. The van der Waals surface area contributed by atoms with E-state index in [2.05, 4.69) is 34.1 Å². The van der Waals surface area contributed by atoms with Gasteiger partial charge in [0.1, 0.15) is 17.7 Å². The van der Waals surface area contributed by atoms with Crippen LogP contribution in [0.25, 0.3) is 10.8 Å². The summed E-state index contributed by atoms with van der Waals surface area (Å²) in [6.45, 7) is 2.12. The van der Waals surface area contributed by atoms with E-state index in [0.717, 1.165) is 41.0 Å². The minimum atomic E-state index is -0.0447. The van der Waals surface area contributed by atoms with Gasteiger partial charge in [0.15, 0.2) is 0 Å². The van der Waals surface area contributed by atoms with Gasteiger partial charge in [-0.25, -0.2) is 4.98 Å². The minimum Gasteiger partial charge on any atom is -0.497 e. The van der Waals surface area contributed by atoms with Crippen molar-refractivity contribution in [1.29, 1.82) is 0 Å². The maximum atomic E-state index is 12.1. The van der Waals surface area contributed by atoms with E-state index < -0.39 is 0 Å². The van der Waals surface area contributed by atoms with Crippen molar-refractivity contribution in [3.63, 3.8) is 0 Å². The number of carbonyl (C=O) groups excluding carboxylic acids is 1. The van der Waals surface area contributed by atoms with Crippen LogP contribution in [0.1, 0.15) is 22.0 Å². The molecule has 2 heterocycles. The van der Waals surface area contributed by atoms with Crippen molar-refractivity contribution in [2.24, 2.45) is 0 Å². The van der Waals surface area contributed by atoms with E-state index in [1.807, 2.05) is 24.3 Å². The second-order valence-corrected chi connectivity index (χ2v) is 7.38. The number of hydrogen-bond donors (Lipinski definition) is 0. The lowest BCUT2D eigenvalue weighted by Gasteiger charge is -2.34. The van der Waals surface area contributed by atoms with Crippen LogP contribution in [0.2, 0.25) is 0 Å². The number of benzene rings is 2. The maximum Gasteiger partial charge on any atom is 0.254 e. The molecule has 1 aliphatic rings. The number of aromatic nitrogens is 1. The first-order valence-electron chi connectivity index (χ1n) is 9.67. The molecule has 0 bridgehead atoms. The average molecular weight is 391 g/mol. The molecule has 0 N–H and O–H groups in total. The number of pyridine rings is 1. The number of morpholine rings is 1. The van der Waals surface area contributed by atoms with E-state index in [1.54, 1.807) is 32.3 Å². The van der Waals surface area contributed by atoms with Gasteiger partial charge >= 0.3 is 0 Å². The summed E-state index contributed by atoms with van der Waals surface area (Å²) in [5.41, 5.74) is 1.74. The van der Waals surface area contributed by atoms with Crippen molar-refractivity contribution in [1.82, 2.24) is 9.88 Å². The quantitative estimate of drug-likeness (QED) is 0.681. The lowest BCUT2D eigenvalue weighted by Crippen LogP contribution is -2.38. The Morgan fingerprint density at radius 2 is 1.93 bits per heavy atom. The maximum absolute atomic E-state index is 12.1. The van der Waals surface area contributed by atoms with Gasteiger partial charge in [-0.15, -0.1) is 0 Å². The predicted molar refractivity (Wildman–Crippen MR) is 114 cm³/mol. The number of carbonyl (C=O) groups is 1. The Morgan fingerprint density at radius 3 is 2.66 bits per heavy atom. The van der Waals surface area contributed by atoms with E-state index >= 15 is 0 Å². The van der Waals surface area contributed by atoms with Crippen LogP contribution in [0.3, 0.4) is 0 Å². The zero-order valence-electron chi connectivity index (χ0n) is 17.0. The molecule has 3 aromatic rings. The molecule has 1 unspecified atom stereocenters. The van der Waals surface area contributed by atoms with Crippen molar-refractivity contribution in [3.05, 3.63) is 65.9 Å². The fourth-order valence-electron chi connectivity index (χ4n) is 3.59. The number of ether oxygens (including phenoxy) is 2. The monoisotopic (exact) mass is 391 g/mol. The van der Waals surface area contributed by atoms with Gasteiger partial charge in [-0.05, 0) is 46.7 Å². The van der Waals surface area contributed by atoms with Crippen LogP contribution in [-0.2, 0) is 4.74 Å². The number of fused-ring (bicyclic) bond motifs is 1. The number of hydrogen-bond acceptors (Lipinski definition) is 5. The SMILES string of the molecule is COc1ccc2cc(C3CN(c4ccc(C(=O)N(C)C)cn4)CCO3)ccc2c1. The van der Waals surface area contributed by atoms with E-state index in [4.69, 9.17) is 9.47 Å². The van der Waals surface area contributed by atoms with Gasteiger partial charge in [0.2, 0.25) is 0 Å². The third-order valence-corrected chi connectivity index (χ3v) is 5.23. The Balaban J connectivity index is 1.52. The second-order valence-electron chi connectivity index (χ2n) is 7.38. The van der Waals surface area contributed by atoms with E-state index in [0.29, 0.717) is 12.2 Å². The molecule has 1 fully saturated rings. The second kappa shape index (κ2) is 8.09. The molecule has 0 spiro atoms. The van der Waals surface area contributed by atoms with E-state index in [-0.39, 0.29) is 12.0 Å². The molecule has 6 nitrogen and oxygen atoms in total. The molecule has 150 valence electrons. The van der Waals surface area contributed by atoms with Crippen molar-refractivity contribution in [2.45, 2.75) is 6.10 Å². The van der Waals surface area contributed by atoms with E-state index in [9.17, 15) is 4.79 Å². The summed E-state index contributed by atoms with van der Waals surface area (Å²) >= 11 is 0. The molecule has 0 radical (unpaired) electrons. The molecule has 1 aliphatic heterocycles. The van der Waals surface area contributed by atoms with E-state index in [1.165, 1.54) is 0 Å². The van der Waals surface area contributed by atoms with Gasteiger partial charge in [0, 0.05) is 33.4 Å². The minimum absolute atomic E-state index is 0.0277. The highest BCUT2D eigenvalue weighted by Gasteiger charge is 2.23. The molecule has 1 aromatic heterocycles. The smallest absolute Gasteiger partial charge is 0.254 e. The van der Waals surface area contributed by atoms with Crippen LogP contribution in [0.4, 0.5) is 5.82 Å². The average Bonchev–Trinajstić information content (AvgIpc) is 2.78. The van der Waals surface area contributed by atoms with Gasteiger partial charge in [0.25, 0.3) is 5.91 Å². The summed E-state index contributed by atoms with van der Waals surface area (Å²) in [6, 6.07) is 16.2. The Morgan fingerprint density at radius 1 is 1.14 bits per heavy atom. The van der Waals surface area contributed by atoms with Gasteiger partial charge in [-0.3, -0.25) is 4.79 Å². The van der Waals surface area contributed by atoms with Crippen molar-refractivity contribution < 1.29 is 14.3 Å². The molecule has 29 heavy (non-hydrogen) atoms. The van der Waals surface area contributed by atoms with Crippen LogP contribution in [0.15, 0.2) is 54.7 Å². The summed E-state index contributed by atoms with van der Waals surface area (Å²) in [5.74, 6) is 1.67. The number of rotatable bonds is 4. The zero-order chi connectivity index (χ0) is 20.4. The summed E-state index contributed by atoms with van der Waals surface area (Å²) < 4.78 is 11.4. The Labute approximate surface area is 170 Å². The van der Waals surface area contributed by atoms with Crippen molar-refractivity contribution in [2.75, 3.05) is 45.8 Å². The molecular weight excluding hydrogens is 366 g/mol. The molecule has 1 amide bonds. The van der Waals surface area contributed by atoms with Crippen molar-refractivity contribution >= 4 is 22.5 Å². The van der Waals surface area contributed by atoms with Gasteiger partial charge < -0.3 is 19.3 Å². The highest BCUT2D eigenvalue weighted by molar-refractivity contribution is 5.93. The van der Waals surface area contributed by atoms with Gasteiger partial charge in [-0.2, -0.15) is 0 Å². The molecule has 6 heteroatoms. The van der Waals surface area contributed by atoms with Crippen LogP contribution in [0, 0.1) is 0 Å². The number of anilines is 1. The molecule has 1 atom stereocenters. The van der Waals surface area contributed by atoms with Crippen LogP contribution >= 0.6 is 0 Å². The third-order valence-electron chi connectivity index (χ3n) is 5.23. The predicted octanol–water partition coefficient (Wildman–Crippen LogP) is 3.52. The zero-order valence-corrected chi connectivity index (χ0v) is 17.0. The van der Waals surface area contributed by atoms with Crippen LogP contribution in [0.5, 0.6) is 5.75 Å². The van der Waals surface area contributed by atoms with Gasteiger partial charge in [-0.1, -0.05) is 18.2 Å². The molecule has 0 saturated carbocycles. The first-order valence-corrected chi connectivity index (χ1v) is 9.67. The molecule has 4 rings (SSSR count). The summed E-state index contributed by atoms with van der Waals surface area (Å²) in [5, 5.41) is 2.30. The van der Waals surface area contributed by atoms with Crippen LogP contribution in [-0.4, -0.2) is 56.7 Å². The number of methoxy groups -OCH3 is 1. The normalized spacial score (nSPS) is 16.7. The van der Waals surface area contributed by atoms with Crippen LogP contribution < -0.4 is 9.64 Å². The lowest BCUT2D eigenvalue weighted by molar-refractivity contribution is 0.0396. The largest absolute Gasteiger partial charge is 0.497 e. The molecular formula is C23H25N3O3. The standard InChI is InChI=1S/C23H25N3O3/c1-25(2)23(27)19-7-9-22(24-14-19)26-10-11-29-21(15-26)18-5-4-17-13-20(28-3)8-6-16(17)12-18/h4-9,12-14,21H,10-11,15H2,1-3H3. The Bertz CT molecular complexity index is 1020. The highest BCUT2D eigenvalue weighted by Crippen LogP contribution is 2.29. The van der Waals surface area contributed by atoms with Crippen molar-refractivity contribution in [3.8, 4) is 5.75 Å². The summed E-state index contributed by atoms with van der Waals surface area (Å²) in [6.07, 6.45) is 1.62. The molecule has 2 aromatic carbocycles. The first kappa shape index (κ1) is 19.2. The number of amides is 1. The van der Waals surface area contributed by atoms with Gasteiger partial charge in [0.05, 0.1) is 19.3 Å².